The van der Waals surface area contributed by atoms with Crippen LogP contribution in [0.25, 0.3) is 17.4 Å². The van der Waals surface area contributed by atoms with Crippen LogP contribution in [-0.2, 0) is 4.79 Å². The number of carbonyl (C=O) groups excluding carboxylic acids is 1. The second-order valence-electron chi connectivity index (χ2n) is 7.07. The Morgan fingerprint density at radius 1 is 1.19 bits per heavy atom. The Kier molecular flexibility index (Phi) is 6.34. The number of thioether (sulfide) groups is 1. The lowest BCUT2D eigenvalue weighted by Crippen LogP contribution is -2.28. The molecule has 1 fully saturated rings. The monoisotopic (exact) mass is 510 g/mol. The Hall–Kier alpha value is -3.10. The fraction of sp³-hybridized carbons (Fsp3) is 0.125. The number of amidine groups is 1. The van der Waals surface area contributed by atoms with Gasteiger partial charge < -0.3 is 9.52 Å². The number of carboxylic acid groups (broad SMARTS) is 1. The second kappa shape index (κ2) is 9.18. The minimum Gasteiger partial charge on any atom is -0.478 e. The van der Waals surface area contributed by atoms with E-state index in [0.717, 1.165) is 21.3 Å². The number of carbonyl (C=O) groups is 2. The Balaban J connectivity index is 1.60. The molecule has 0 radical (unpaired) electrons. The summed E-state index contributed by atoms with van der Waals surface area (Å²) in [6.45, 7) is 4.26. The highest BCUT2D eigenvalue weighted by Crippen LogP contribution is 2.35. The van der Waals surface area contributed by atoms with Crippen molar-refractivity contribution in [1.29, 1.82) is 0 Å². The van der Waals surface area contributed by atoms with E-state index in [9.17, 15) is 9.59 Å². The molecule has 2 aromatic carbocycles. The average molecular weight is 511 g/mol. The van der Waals surface area contributed by atoms with Gasteiger partial charge in [0.1, 0.15) is 11.5 Å². The van der Waals surface area contributed by atoms with Crippen molar-refractivity contribution in [3.8, 4) is 11.3 Å². The number of carboxylic acids is 1. The van der Waals surface area contributed by atoms with Gasteiger partial charge >= 0.3 is 5.97 Å². The minimum atomic E-state index is -0.970. The van der Waals surface area contributed by atoms with Gasteiger partial charge in [0.15, 0.2) is 5.17 Å². The lowest BCUT2D eigenvalue weighted by Gasteiger charge is -2.11. The SMILES string of the molecule is CCN1C(=O)/C(=C/c2ccc(-c3ccc(C(=O)O)cc3C)o2)SC1=Nc1ccc(Br)cc1. The first kappa shape index (κ1) is 22.1. The van der Waals surface area contributed by atoms with Gasteiger partial charge in [-0.15, -0.1) is 0 Å². The summed E-state index contributed by atoms with van der Waals surface area (Å²) in [7, 11) is 0. The Morgan fingerprint density at radius 2 is 1.94 bits per heavy atom. The van der Waals surface area contributed by atoms with E-state index in [1.165, 1.54) is 11.8 Å². The summed E-state index contributed by atoms with van der Waals surface area (Å²) < 4.78 is 6.91. The summed E-state index contributed by atoms with van der Waals surface area (Å²) in [5.41, 5.74) is 2.60. The minimum absolute atomic E-state index is 0.117. The number of likely N-dealkylation sites (N-methyl/N-ethyl adjacent to an activating group) is 1. The number of aryl methyl sites for hydroxylation is 1. The molecule has 1 amide bonds. The van der Waals surface area contributed by atoms with Crippen LogP contribution in [0.2, 0.25) is 0 Å². The Labute approximate surface area is 197 Å². The van der Waals surface area contributed by atoms with Crippen LogP contribution >= 0.6 is 27.7 Å². The number of aromatic carboxylic acids is 1. The molecule has 0 bridgehead atoms. The highest BCUT2D eigenvalue weighted by atomic mass is 79.9. The summed E-state index contributed by atoms with van der Waals surface area (Å²) in [5, 5.41) is 9.77. The molecule has 2 heterocycles. The molecule has 1 N–H and O–H groups in total. The van der Waals surface area contributed by atoms with Gasteiger partial charge in [-0.25, -0.2) is 9.79 Å². The Bertz CT molecular complexity index is 1260. The molecule has 6 nitrogen and oxygen atoms in total. The summed E-state index contributed by atoms with van der Waals surface area (Å²) >= 11 is 4.72. The molecule has 3 aromatic rings. The molecule has 0 saturated carbocycles. The quantitative estimate of drug-likeness (QED) is 0.404. The van der Waals surface area contributed by atoms with E-state index in [0.29, 0.717) is 28.1 Å². The van der Waals surface area contributed by atoms with Gasteiger partial charge in [0, 0.05) is 22.7 Å². The lowest BCUT2D eigenvalue weighted by atomic mass is 10.0. The first-order valence-electron chi connectivity index (χ1n) is 9.85. The number of halogens is 1. The maximum absolute atomic E-state index is 12.9. The number of benzene rings is 2. The third-order valence-corrected chi connectivity index (χ3v) is 6.43. The number of furan rings is 1. The first-order chi connectivity index (χ1) is 15.4. The van der Waals surface area contributed by atoms with Gasteiger partial charge in [0.25, 0.3) is 5.91 Å². The van der Waals surface area contributed by atoms with Crippen LogP contribution < -0.4 is 0 Å². The molecule has 32 heavy (non-hydrogen) atoms. The molecule has 0 spiro atoms. The predicted octanol–water partition coefficient (Wildman–Crippen LogP) is 6.34. The van der Waals surface area contributed by atoms with Gasteiger partial charge in [-0.2, -0.15) is 0 Å². The maximum Gasteiger partial charge on any atom is 0.335 e. The highest BCUT2D eigenvalue weighted by molar-refractivity contribution is 9.10. The van der Waals surface area contributed by atoms with Gasteiger partial charge in [0.2, 0.25) is 0 Å². The largest absolute Gasteiger partial charge is 0.478 e. The van der Waals surface area contributed by atoms with Gasteiger partial charge in [0.05, 0.1) is 16.2 Å². The molecule has 0 aliphatic carbocycles. The molecule has 8 heteroatoms. The Morgan fingerprint density at radius 3 is 2.59 bits per heavy atom. The van der Waals surface area contributed by atoms with E-state index < -0.39 is 5.97 Å². The first-order valence-corrected chi connectivity index (χ1v) is 11.5. The van der Waals surface area contributed by atoms with E-state index in [1.807, 2.05) is 44.2 Å². The molecule has 0 unspecified atom stereocenters. The number of aliphatic imine (C=N–C) groups is 1. The van der Waals surface area contributed by atoms with Crippen LogP contribution in [0.4, 0.5) is 5.69 Å². The fourth-order valence-electron chi connectivity index (χ4n) is 3.27. The zero-order valence-electron chi connectivity index (χ0n) is 17.3. The highest BCUT2D eigenvalue weighted by Gasteiger charge is 2.32. The van der Waals surface area contributed by atoms with E-state index in [4.69, 9.17) is 9.52 Å². The summed E-state index contributed by atoms with van der Waals surface area (Å²) in [4.78, 5) is 30.8. The molecule has 1 saturated heterocycles. The zero-order chi connectivity index (χ0) is 22.8. The number of amides is 1. The number of nitrogens with zero attached hydrogens (tertiary/aromatic N) is 2. The number of hydrogen-bond acceptors (Lipinski definition) is 5. The standard InChI is InChI=1S/C24H19BrN2O4S/c1-3-27-22(28)21(32-24(27)26-17-7-5-16(25)6-8-17)13-18-9-11-20(31-18)19-10-4-15(23(29)30)12-14(19)2/h4-13H,3H2,1-2H3,(H,29,30)/b21-13-,26-24?. The van der Waals surface area contributed by atoms with Gasteiger partial charge in [-0.3, -0.25) is 9.69 Å². The molecule has 1 aliphatic heterocycles. The summed E-state index contributed by atoms with van der Waals surface area (Å²) in [5.74, 6) is 0.0621. The van der Waals surface area contributed by atoms with E-state index in [-0.39, 0.29) is 11.5 Å². The number of hydrogen-bond donors (Lipinski definition) is 1. The molecule has 0 atom stereocenters. The van der Waals surface area contributed by atoms with Crippen LogP contribution in [0.5, 0.6) is 0 Å². The third kappa shape index (κ3) is 4.56. The molecular weight excluding hydrogens is 492 g/mol. The lowest BCUT2D eigenvalue weighted by molar-refractivity contribution is -0.122. The molecule has 162 valence electrons. The summed E-state index contributed by atoms with van der Waals surface area (Å²) in [6.07, 6.45) is 1.71. The van der Waals surface area contributed by atoms with Crippen molar-refractivity contribution in [2.24, 2.45) is 4.99 Å². The van der Waals surface area contributed by atoms with Crippen molar-refractivity contribution in [2.45, 2.75) is 13.8 Å². The predicted molar refractivity (Wildman–Crippen MR) is 130 cm³/mol. The van der Waals surface area contributed by atoms with E-state index in [2.05, 4.69) is 20.9 Å². The van der Waals surface area contributed by atoms with Crippen LogP contribution in [0.3, 0.4) is 0 Å². The van der Waals surface area contributed by atoms with Crippen LogP contribution in [0.1, 0.15) is 28.6 Å². The van der Waals surface area contributed by atoms with Crippen molar-refractivity contribution in [2.75, 3.05) is 6.54 Å². The second-order valence-corrected chi connectivity index (χ2v) is 8.99. The summed E-state index contributed by atoms with van der Waals surface area (Å²) in [6, 6.07) is 16.1. The molecular formula is C24H19BrN2O4S. The molecule has 1 aliphatic rings. The zero-order valence-corrected chi connectivity index (χ0v) is 19.7. The van der Waals surface area contributed by atoms with Crippen LogP contribution in [0, 0.1) is 6.92 Å². The van der Waals surface area contributed by atoms with Crippen LogP contribution in [-0.4, -0.2) is 33.6 Å². The fourth-order valence-corrected chi connectivity index (χ4v) is 4.58. The third-order valence-electron chi connectivity index (χ3n) is 4.89. The van der Waals surface area contributed by atoms with Crippen molar-refractivity contribution in [3.63, 3.8) is 0 Å². The number of rotatable bonds is 5. The van der Waals surface area contributed by atoms with Crippen molar-refractivity contribution >= 4 is 56.5 Å². The smallest absolute Gasteiger partial charge is 0.335 e. The normalized spacial score (nSPS) is 16.3. The van der Waals surface area contributed by atoms with Crippen LogP contribution in [0.15, 0.2) is 73.4 Å². The molecule has 1 aromatic heterocycles. The average Bonchev–Trinajstić information content (AvgIpc) is 3.34. The van der Waals surface area contributed by atoms with Gasteiger partial charge in [-0.1, -0.05) is 22.0 Å². The topological polar surface area (TPSA) is 83.1 Å². The van der Waals surface area contributed by atoms with Crippen molar-refractivity contribution in [1.82, 2.24) is 4.90 Å². The molecule has 4 rings (SSSR count). The van der Waals surface area contributed by atoms with E-state index >= 15 is 0 Å². The van der Waals surface area contributed by atoms with Crippen molar-refractivity contribution < 1.29 is 19.1 Å². The van der Waals surface area contributed by atoms with Crippen molar-refractivity contribution in [3.05, 3.63) is 80.9 Å². The maximum atomic E-state index is 12.9. The van der Waals surface area contributed by atoms with Gasteiger partial charge in [-0.05, 0) is 79.7 Å². The van der Waals surface area contributed by atoms with E-state index in [1.54, 1.807) is 35.2 Å².